The van der Waals surface area contributed by atoms with E-state index < -0.39 is 0 Å². The molecule has 1 heterocycles. The molecule has 3 nitrogen and oxygen atoms in total. The number of hydrogen-bond acceptors (Lipinski definition) is 3. The molecule has 4 heteroatoms. The van der Waals surface area contributed by atoms with Crippen LogP contribution in [0.5, 0.6) is 5.75 Å². The van der Waals surface area contributed by atoms with Crippen LogP contribution in [0.1, 0.15) is 24.1 Å². The van der Waals surface area contributed by atoms with Crippen LogP contribution < -0.4 is 10.5 Å². The van der Waals surface area contributed by atoms with Gasteiger partial charge in [0, 0.05) is 34.9 Å². The summed E-state index contributed by atoms with van der Waals surface area (Å²) in [4.78, 5) is 4.00. The maximum absolute atomic E-state index is 5.94. The highest BCUT2D eigenvalue weighted by atomic mass is 79.9. The predicted octanol–water partition coefficient (Wildman–Crippen LogP) is 3.49. The Balaban J connectivity index is 2.01. The summed E-state index contributed by atoms with van der Waals surface area (Å²) in [5.74, 6) is 0.846. The molecule has 0 bridgehead atoms. The molecule has 0 unspecified atom stereocenters. The van der Waals surface area contributed by atoms with Crippen LogP contribution in [0.4, 0.5) is 0 Å². The third-order valence-electron chi connectivity index (χ3n) is 2.86. The molecule has 0 saturated heterocycles. The topological polar surface area (TPSA) is 48.1 Å². The van der Waals surface area contributed by atoms with Crippen molar-refractivity contribution in [2.45, 2.75) is 19.4 Å². The fourth-order valence-electron chi connectivity index (χ4n) is 1.84. The first kappa shape index (κ1) is 14.0. The molecule has 0 aliphatic rings. The van der Waals surface area contributed by atoms with E-state index >= 15 is 0 Å². The Morgan fingerprint density at radius 2 is 2.00 bits per heavy atom. The highest BCUT2D eigenvalue weighted by Gasteiger charge is 2.08. The SMILES string of the molecule is C[C@H](N)c1ccc(Br)cc1OCCc1ccncc1. The van der Waals surface area contributed by atoms with Crippen LogP contribution in [0.2, 0.25) is 0 Å². The molecular formula is C15H17BrN2O. The van der Waals surface area contributed by atoms with E-state index in [1.54, 1.807) is 12.4 Å². The van der Waals surface area contributed by atoms with Gasteiger partial charge in [0.05, 0.1) is 6.61 Å². The highest BCUT2D eigenvalue weighted by Crippen LogP contribution is 2.27. The molecule has 1 aromatic carbocycles. The third kappa shape index (κ3) is 4.04. The molecular weight excluding hydrogens is 304 g/mol. The highest BCUT2D eigenvalue weighted by molar-refractivity contribution is 9.10. The zero-order chi connectivity index (χ0) is 13.7. The van der Waals surface area contributed by atoms with Gasteiger partial charge in [0.15, 0.2) is 0 Å². The van der Waals surface area contributed by atoms with Gasteiger partial charge in [0.25, 0.3) is 0 Å². The molecule has 0 radical (unpaired) electrons. The quantitative estimate of drug-likeness (QED) is 0.917. The van der Waals surface area contributed by atoms with Gasteiger partial charge >= 0.3 is 0 Å². The second kappa shape index (κ2) is 6.68. The zero-order valence-electron chi connectivity index (χ0n) is 10.8. The molecule has 0 saturated carbocycles. The fraction of sp³-hybridized carbons (Fsp3) is 0.267. The van der Waals surface area contributed by atoms with Gasteiger partial charge in [-0.1, -0.05) is 22.0 Å². The summed E-state index contributed by atoms with van der Waals surface area (Å²) in [5, 5.41) is 0. The van der Waals surface area contributed by atoms with Gasteiger partial charge in [-0.3, -0.25) is 4.98 Å². The average molecular weight is 321 g/mol. The lowest BCUT2D eigenvalue weighted by molar-refractivity contribution is 0.317. The van der Waals surface area contributed by atoms with Gasteiger partial charge in [-0.25, -0.2) is 0 Å². The van der Waals surface area contributed by atoms with Crippen LogP contribution in [-0.2, 0) is 6.42 Å². The summed E-state index contributed by atoms with van der Waals surface area (Å²) in [6.07, 6.45) is 4.44. The van der Waals surface area contributed by atoms with Crippen molar-refractivity contribution in [3.05, 3.63) is 58.3 Å². The van der Waals surface area contributed by atoms with Crippen molar-refractivity contribution >= 4 is 15.9 Å². The summed E-state index contributed by atoms with van der Waals surface area (Å²) in [5.41, 5.74) is 8.18. The standard InChI is InChI=1S/C15H17BrN2O/c1-11(17)14-3-2-13(16)10-15(14)19-9-6-12-4-7-18-8-5-12/h2-5,7-8,10-11H,6,9,17H2,1H3/t11-/m0/s1. The number of rotatable bonds is 5. The minimum Gasteiger partial charge on any atom is -0.493 e. The van der Waals surface area contributed by atoms with E-state index in [0.29, 0.717) is 6.61 Å². The summed E-state index contributed by atoms with van der Waals surface area (Å²) < 4.78 is 6.85. The number of nitrogens with two attached hydrogens (primary N) is 1. The number of ether oxygens (including phenoxy) is 1. The Morgan fingerprint density at radius 1 is 1.26 bits per heavy atom. The molecule has 0 spiro atoms. The van der Waals surface area contributed by atoms with E-state index in [1.165, 1.54) is 5.56 Å². The van der Waals surface area contributed by atoms with E-state index in [4.69, 9.17) is 10.5 Å². The smallest absolute Gasteiger partial charge is 0.125 e. The normalized spacial score (nSPS) is 12.2. The van der Waals surface area contributed by atoms with Crippen molar-refractivity contribution < 1.29 is 4.74 Å². The van der Waals surface area contributed by atoms with E-state index in [0.717, 1.165) is 22.2 Å². The van der Waals surface area contributed by atoms with Crippen LogP contribution in [0.15, 0.2) is 47.2 Å². The van der Waals surface area contributed by atoms with Crippen molar-refractivity contribution in [3.8, 4) is 5.75 Å². The van der Waals surface area contributed by atoms with Crippen molar-refractivity contribution in [2.75, 3.05) is 6.61 Å². The molecule has 2 N–H and O–H groups in total. The number of aromatic nitrogens is 1. The van der Waals surface area contributed by atoms with Crippen molar-refractivity contribution in [3.63, 3.8) is 0 Å². The maximum Gasteiger partial charge on any atom is 0.125 e. The molecule has 2 rings (SSSR count). The molecule has 1 aromatic heterocycles. The number of halogens is 1. The van der Waals surface area contributed by atoms with Crippen LogP contribution >= 0.6 is 15.9 Å². The second-order valence-electron chi connectivity index (χ2n) is 4.42. The minimum atomic E-state index is -0.0379. The van der Waals surface area contributed by atoms with Gasteiger partial charge in [-0.2, -0.15) is 0 Å². The molecule has 0 aliphatic carbocycles. The molecule has 0 aliphatic heterocycles. The first-order chi connectivity index (χ1) is 9.16. The van der Waals surface area contributed by atoms with E-state index in [9.17, 15) is 0 Å². The van der Waals surface area contributed by atoms with Crippen LogP contribution in [0, 0.1) is 0 Å². The number of pyridine rings is 1. The van der Waals surface area contributed by atoms with Gasteiger partial charge in [0.1, 0.15) is 5.75 Å². The van der Waals surface area contributed by atoms with Gasteiger partial charge in [0.2, 0.25) is 0 Å². The monoisotopic (exact) mass is 320 g/mol. The lowest BCUT2D eigenvalue weighted by Crippen LogP contribution is -2.09. The molecule has 19 heavy (non-hydrogen) atoms. The number of benzene rings is 1. The van der Waals surface area contributed by atoms with Gasteiger partial charge < -0.3 is 10.5 Å². The van der Waals surface area contributed by atoms with Gasteiger partial charge in [-0.15, -0.1) is 0 Å². The summed E-state index contributed by atoms with van der Waals surface area (Å²) >= 11 is 3.45. The molecule has 1 atom stereocenters. The Hall–Kier alpha value is -1.39. The Morgan fingerprint density at radius 3 is 2.68 bits per heavy atom. The average Bonchev–Trinajstić information content (AvgIpc) is 2.39. The Bertz CT molecular complexity index is 529. The van der Waals surface area contributed by atoms with Gasteiger partial charge in [-0.05, 0) is 36.8 Å². The van der Waals surface area contributed by atoms with E-state index in [1.807, 2.05) is 37.3 Å². The molecule has 100 valence electrons. The van der Waals surface area contributed by atoms with Crippen molar-refractivity contribution in [2.24, 2.45) is 5.73 Å². The zero-order valence-corrected chi connectivity index (χ0v) is 12.4. The Labute approximate surface area is 121 Å². The molecule has 0 fully saturated rings. The maximum atomic E-state index is 5.94. The first-order valence-corrected chi connectivity index (χ1v) is 7.03. The van der Waals surface area contributed by atoms with Crippen molar-refractivity contribution in [1.29, 1.82) is 0 Å². The first-order valence-electron chi connectivity index (χ1n) is 6.23. The van der Waals surface area contributed by atoms with Crippen LogP contribution in [0.3, 0.4) is 0 Å². The van der Waals surface area contributed by atoms with E-state index in [2.05, 4.69) is 20.9 Å². The summed E-state index contributed by atoms with van der Waals surface area (Å²) in [7, 11) is 0. The number of nitrogens with zero attached hydrogens (tertiary/aromatic N) is 1. The second-order valence-corrected chi connectivity index (χ2v) is 5.34. The van der Waals surface area contributed by atoms with Crippen molar-refractivity contribution in [1.82, 2.24) is 4.98 Å². The third-order valence-corrected chi connectivity index (χ3v) is 3.36. The summed E-state index contributed by atoms with van der Waals surface area (Å²) in [6.45, 7) is 2.58. The summed E-state index contributed by atoms with van der Waals surface area (Å²) in [6, 6.07) is 9.90. The lowest BCUT2D eigenvalue weighted by atomic mass is 10.1. The largest absolute Gasteiger partial charge is 0.493 e. The predicted molar refractivity (Wildman–Crippen MR) is 80.2 cm³/mol. The fourth-order valence-corrected chi connectivity index (χ4v) is 2.18. The van der Waals surface area contributed by atoms with E-state index in [-0.39, 0.29) is 6.04 Å². The van der Waals surface area contributed by atoms with Crippen LogP contribution in [0.25, 0.3) is 0 Å². The number of hydrogen-bond donors (Lipinski definition) is 1. The Kier molecular flexibility index (Phi) is 4.93. The lowest BCUT2D eigenvalue weighted by Gasteiger charge is -2.14. The minimum absolute atomic E-state index is 0.0379. The molecule has 0 amide bonds. The molecule has 2 aromatic rings. The van der Waals surface area contributed by atoms with Crippen LogP contribution in [-0.4, -0.2) is 11.6 Å².